The summed E-state index contributed by atoms with van der Waals surface area (Å²) < 4.78 is 1.98. The molecule has 182 valence electrons. The number of aromatic hydroxyl groups is 2. The van der Waals surface area contributed by atoms with Crippen molar-refractivity contribution in [3.63, 3.8) is 0 Å². The van der Waals surface area contributed by atoms with Gasteiger partial charge in [-0.3, -0.25) is 4.79 Å². The summed E-state index contributed by atoms with van der Waals surface area (Å²) in [5.74, 6) is -0.0202. The van der Waals surface area contributed by atoms with Crippen molar-refractivity contribution in [1.29, 1.82) is 0 Å². The van der Waals surface area contributed by atoms with Crippen LogP contribution in [0.25, 0.3) is 10.9 Å². The fourth-order valence-electron chi connectivity index (χ4n) is 4.41. The molecule has 3 aromatic carbocycles. The second-order valence-electron chi connectivity index (χ2n) is 8.91. The Hall–Kier alpha value is -3.77. The summed E-state index contributed by atoms with van der Waals surface area (Å²) in [6, 6.07) is 20.2. The second kappa shape index (κ2) is 11.1. The topological polar surface area (TPSA) is 94.7 Å². The molecule has 0 saturated carbocycles. The van der Waals surface area contributed by atoms with Gasteiger partial charge in [0.25, 0.3) is 5.91 Å². The van der Waals surface area contributed by atoms with Gasteiger partial charge in [0.05, 0.1) is 18.2 Å². The van der Waals surface area contributed by atoms with E-state index in [1.807, 2.05) is 41.1 Å². The second-order valence-corrected chi connectivity index (χ2v) is 8.91. The minimum Gasteiger partial charge on any atom is -0.507 e. The zero-order valence-electron chi connectivity index (χ0n) is 19.9. The largest absolute Gasteiger partial charge is 0.507 e. The number of hydrogen-bond donors (Lipinski definition) is 4. The Balaban J connectivity index is 1.53. The Morgan fingerprint density at radius 3 is 2.49 bits per heavy atom. The Kier molecular flexibility index (Phi) is 7.73. The first kappa shape index (κ1) is 24.4. The molecule has 35 heavy (non-hydrogen) atoms. The molecule has 0 radical (unpaired) electrons. The molecule has 6 nitrogen and oxygen atoms in total. The molecule has 0 saturated heterocycles. The first-order valence-electron chi connectivity index (χ1n) is 12.1. The molecule has 1 heterocycles. The number of aromatic nitrogens is 1. The van der Waals surface area contributed by atoms with Gasteiger partial charge in [0.1, 0.15) is 11.5 Å². The highest BCUT2D eigenvalue weighted by molar-refractivity contribution is 5.94. The summed E-state index contributed by atoms with van der Waals surface area (Å²) in [7, 11) is 0. The van der Waals surface area contributed by atoms with Gasteiger partial charge in [-0.2, -0.15) is 0 Å². The summed E-state index contributed by atoms with van der Waals surface area (Å²) in [6.07, 6.45) is 4.29. The molecule has 0 bridgehead atoms. The molecule has 0 spiro atoms. The lowest BCUT2D eigenvalue weighted by Crippen LogP contribution is -2.33. The Labute approximate surface area is 205 Å². The van der Waals surface area contributed by atoms with E-state index in [2.05, 4.69) is 12.2 Å². The fourth-order valence-corrected chi connectivity index (χ4v) is 4.41. The molecule has 4 N–H and O–H groups in total. The van der Waals surface area contributed by atoms with Gasteiger partial charge in [0.15, 0.2) is 0 Å². The van der Waals surface area contributed by atoms with E-state index in [1.165, 1.54) is 0 Å². The number of rotatable bonds is 10. The van der Waals surface area contributed by atoms with Crippen LogP contribution in [0, 0.1) is 0 Å². The Morgan fingerprint density at radius 1 is 0.971 bits per heavy atom. The molecule has 0 aliphatic carbocycles. The van der Waals surface area contributed by atoms with Crippen LogP contribution in [0.3, 0.4) is 0 Å². The Morgan fingerprint density at radius 2 is 1.71 bits per heavy atom. The number of unbranched alkanes of at least 4 members (excludes halogenated alkanes) is 1. The number of hydrogen-bond acceptors (Lipinski definition) is 4. The lowest BCUT2D eigenvalue weighted by molar-refractivity contribution is 0.0916. The van der Waals surface area contributed by atoms with Gasteiger partial charge in [-0.05, 0) is 48.2 Å². The van der Waals surface area contributed by atoms with Gasteiger partial charge in [-0.25, -0.2) is 0 Å². The standard InChI is InChI=1S/C29H32N2O4/c1-2-3-9-20-14-15-27(33)25(28(20)34)19-31-18-22(24-12-7-8-13-26(24)31)16-23(32)17-30-29(35)21-10-5-4-6-11-21/h4-8,10-15,18,23,32-34H,2-3,9,16-17,19H2,1H3,(H,30,35). The third-order valence-electron chi connectivity index (χ3n) is 6.33. The summed E-state index contributed by atoms with van der Waals surface area (Å²) in [6.45, 7) is 2.54. The van der Waals surface area contributed by atoms with Crippen LogP contribution in [-0.2, 0) is 19.4 Å². The average molecular weight is 473 g/mol. The van der Waals surface area contributed by atoms with E-state index in [9.17, 15) is 20.1 Å². The fraction of sp³-hybridized carbons (Fsp3) is 0.276. The monoisotopic (exact) mass is 472 g/mol. The van der Waals surface area contributed by atoms with E-state index >= 15 is 0 Å². The van der Waals surface area contributed by atoms with Gasteiger partial charge < -0.3 is 25.2 Å². The van der Waals surface area contributed by atoms with E-state index in [-0.39, 0.29) is 24.0 Å². The number of carbonyl (C=O) groups excluding carboxylic acids is 1. The predicted octanol–water partition coefficient (Wildman–Crippen LogP) is 4.78. The number of nitrogens with one attached hydrogen (secondary N) is 1. The van der Waals surface area contributed by atoms with E-state index in [0.717, 1.165) is 41.3 Å². The normalized spacial score (nSPS) is 12.1. The van der Waals surface area contributed by atoms with Crippen molar-refractivity contribution in [3.8, 4) is 11.5 Å². The van der Waals surface area contributed by atoms with Crippen LogP contribution in [0.1, 0.15) is 46.8 Å². The summed E-state index contributed by atoms with van der Waals surface area (Å²) in [5.41, 5.74) is 3.75. The van der Waals surface area contributed by atoms with Crippen molar-refractivity contribution in [2.45, 2.75) is 45.3 Å². The third-order valence-corrected chi connectivity index (χ3v) is 6.33. The molecule has 1 amide bonds. The summed E-state index contributed by atoms with van der Waals surface area (Å²) >= 11 is 0. The number of para-hydroxylation sites is 1. The van der Waals surface area contributed by atoms with Gasteiger partial charge in [-0.1, -0.05) is 55.8 Å². The molecule has 4 rings (SSSR count). The van der Waals surface area contributed by atoms with Crippen LogP contribution in [0.5, 0.6) is 11.5 Å². The molecule has 1 atom stereocenters. The van der Waals surface area contributed by atoms with Crippen LogP contribution in [-0.4, -0.2) is 38.4 Å². The van der Waals surface area contributed by atoms with E-state index in [4.69, 9.17) is 0 Å². The van der Waals surface area contributed by atoms with Gasteiger partial charge >= 0.3 is 0 Å². The molecular formula is C29H32N2O4. The van der Waals surface area contributed by atoms with Gasteiger partial charge in [-0.15, -0.1) is 0 Å². The smallest absolute Gasteiger partial charge is 0.251 e. The minimum absolute atomic E-state index is 0.0609. The number of nitrogens with zero attached hydrogens (tertiary/aromatic N) is 1. The van der Waals surface area contributed by atoms with Crippen molar-refractivity contribution >= 4 is 16.8 Å². The number of aliphatic hydroxyl groups excluding tert-OH is 1. The average Bonchev–Trinajstić information content (AvgIpc) is 3.22. The number of carbonyl (C=O) groups is 1. The van der Waals surface area contributed by atoms with E-state index < -0.39 is 6.10 Å². The molecular weight excluding hydrogens is 440 g/mol. The highest BCUT2D eigenvalue weighted by Gasteiger charge is 2.17. The SMILES string of the molecule is CCCCc1ccc(O)c(Cn2cc(CC(O)CNC(=O)c3ccccc3)c3ccccc32)c1O. The minimum atomic E-state index is -0.763. The van der Waals surface area contributed by atoms with Crippen molar-refractivity contribution in [2.24, 2.45) is 0 Å². The predicted molar refractivity (Wildman–Crippen MR) is 138 cm³/mol. The first-order valence-corrected chi connectivity index (χ1v) is 12.1. The number of phenols is 2. The maximum atomic E-state index is 12.3. The van der Waals surface area contributed by atoms with Crippen LogP contribution in [0.2, 0.25) is 0 Å². The molecule has 4 aromatic rings. The van der Waals surface area contributed by atoms with Crippen molar-refractivity contribution in [1.82, 2.24) is 9.88 Å². The number of benzene rings is 3. The van der Waals surface area contributed by atoms with E-state index in [1.54, 1.807) is 36.4 Å². The maximum absolute atomic E-state index is 12.3. The van der Waals surface area contributed by atoms with Crippen LogP contribution in [0.4, 0.5) is 0 Å². The number of phenolic OH excluding ortho intramolecular Hbond substituents is 2. The highest BCUT2D eigenvalue weighted by Crippen LogP contribution is 2.34. The van der Waals surface area contributed by atoms with E-state index in [0.29, 0.717) is 24.1 Å². The molecule has 0 aliphatic heterocycles. The molecule has 1 unspecified atom stereocenters. The molecule has 0 aliphatic rings. The van der Waals surface area contributed by atoms with Crippen LogP contribution < -0.4 is 5.32 Å². The molecule has 1 aromatic heterocycles. The third kappa shape index (κ3) is 5.66. The van der Waals surface area contributed by atoms with Crippen molar-refractivity contribution in [3.05, 3.63) is 95.2 Å². The van der Waals surface area contributed by atoms with Gasteiger partial charge in [0.2, 0.25) is 0 Å². The van der Waals surface area contributed by atoms with Gasteiger partial charge in [0, 0.05) is 35.6 Å². The molecule has 6 heteroatoms. The maximum Gasteiger partial charge on any atom is 0.251 e. The Bertz CT molecular complexity index is 1300. The molecule has 0 fully saturated rings. The number of aliphatic hydroxyl groups is 1. The van der Waals surface area contributed by atoms with Crippen molar-refractivity contribution < 1.29 is 20.1 Å². The van der Waals surface area contributed by atoms with Crippen LogP contribution in [0.15, 0.2) is 72.9 Å². The number of aryl methyl sites for hydroxylation is 1. The summed E-state index contributed by atoms with van der Waals surface area (Å²) in [5, 5.41) is 35.8. The van der Waals surface area contributed by atoms with Crippen LogP contribution >= 0.6 is 0 Å². The number of fused-ring (bicyclic) bond motifs is 1. The zero-order chi connectivity index (χ0) is 24.8. The first-order chi connectivity index (χ1) is 17.0. The lowest BCUT2D eigenvalue weighted by Gasteiger charge is -2.13. The highest BCUT2D eigenvalue weighted by atomic mass is 16.3. The zero-order valence-corrected chi connectivity index (χ0v) is 19.9. The number of amides is 1. The lowest BCUT2D eigenvalue weighted by atomic mass is 10.0. The van der Waals surface area contributed by atoms with Crippen molar-refractivity contribution in [2.75, 3.05) is 6.54 Å². The summed E-state index contributed by atoms with van der Waals surface area (Å²) in [4.78, 5) is 12.3. The quantitative estimate of drug-likeness (QED) is 0.267.